The first-order valence-corrected chi connectivity index (χ1v) is 8.13. The average molecular weight is 379 g/mol. The molecule has 27 heavy (non-hydrogen) atoms. The Balaban J connectivity index is 2.06. The van der Waals surface area contributed by atoms with Gasteiger partial charge in [-0.3, -0.25) is 9.20 Å². The van der Waals surface area contributed by atoms with Gasteiger partial charge in [-0.2, -0.15) is 18.2 Å². The quantitative estimate of drug-likeness (QED) is 0.680. The van der Waals surface area contributed by atoms with Crippen LogP contribution in [0.5, 0.6) is 5.75 Å². The van der Waals surface area contributed by atoms with Crippen LogP contribution < -0.4 is 10.9 Å². The standard InChI is InChI=1S/C18H13F4N3O2/c19-15-11(2-1-3-13(15)26)14-12-8-9(18(20,21)22)6-7-25(12)17(24-16(14)27)23-10-4-5-10/h1-3,6-8,10,26H,4-5H2,(H,23,24,27). The van der Waals surface area contributed by atoms with Gasteiger partial charge in [0, 0.05) is 17.8 Å². The first kappa shape index (κ1) is 17.3. The normalized spacial score (nSPS) is 14.5. The highest BCUT2D eigenvalue weighted by molar-refractivity contribution is 5.82. The number of aromatic hydroxyl groups is 1. The number of nitrogens with one attached hydrogen (secondary N) is 1. The van der Waals surface area contributed by atoms with E-state index in [0.29, 0.717) is 0 Å². The Labute approximate surface area is 149 Å². The van der Waals surface area contributed by atoms with E-state index in [-0.39, 0.29) is 28.6 Å². The van der Waals surface area contributed by atoms with Crippen LogP contribution in [0.2, 0.25) is 0 Å². The van der Waals surface area contributed by atoms with Crippen molar-refractivity contribution in [3.63, 3.8) is 0 Å². The molecule has 2 heterocycles. The molecule has 0 unspecified atom stereocenters. The first-order chi connectivity index (χ1) is 12.8. The number of rotatable bonds is 3. The van der Waals surface area contributed by atoms with E-state index in [1.54, 1.807) is 0 Å². The fraction of sp³-hybridized carbons (Fsp3) is 0.222. The summed E-state index contributed by atoms with van der Waals surface area (Å²) in [6.07, 6.45) is -1.78. The summed E-state index contributed by atoms with van der Waals surface area (Å²) in [7, 11) is 0. The van der Waals surface area contributed by atoms with Gasteiger partial charge in [-0.15, -0.1) is 0 Å². The Hall–Kier alpha value is -3.10. The molecule has 140 valence electrons. The molecule has 1 aromatic carbocycles. The van der Waals surface area contributed by atoms with E-state index in [2.05, 4.69) is 10.3 Å². The molecule has 0 spiro atoms. The molecule has 0 atom stereocenters. The smallest absolute Gasteiger partial charge is 0.416 e. The van der Waals surface area contributed by atoms with Crippen LogP contribution in [0.15, 0.2) is 41.3 Å². The minimum Gasteiger partial charge on any atom is -0.505 e. The second-order valence-corrected chi connectivity index (χ2v) is 6.34. The zero-order valence-electron chi connectivity index (χ0n) is 13.7. The van der Waals surface area contributed by atoms with E-state index < -0.39 is 28.9 Å². The molecule has 2 N–H and O–H groups in total. The lowest BCUT2D eigenvalue weighted by Crippen LogP contribution is -2.20. The number of aromatic nitrogens is 2. The van der Waals surface area contributed by atoms with E-state index in [1.165, 1.54) is 16.5 Å². The molecule has 0 saturated heterocycles. The number of anilines is 1. The SMILES string of the molecule is O=c1nc(NC2CC2)n2ccc(C(F)(F)F)cc2c1-c1cccc(O)c1F. The van der Waals surface area contributed by atoms with Gasteiger partial charge >= 0.3 is 6.18 Å². The third-order valence-corrected chi connectivity index (χ3v) is 4.35. The molecule has 4 rings (SSSR count). The van der Waals surface area contributed by atoms with Gasteiger partial charge in [0.2, 0.25) is 5.95 Å². The van der Waals surface area contributed by atoms with Crippen LogP contribution in [-0.4, -0.2) is 20.5 Å². The third kappa shape index (κ3) is 3.09. The van der Waals surface area contributed by atoms with Crippen LogP contribution in [0, 0.1) is 5.82 Å². The molecule has 0 aliphatic heterocycles. The Morgan fingerprint density at radius 3 is 2.63 bits per heavy atom. The highest BCUT2D eigenvalue weighted by Crippen LogP contribution is 2.34. The van der Waals surface area contributed by atoms with Crippen LogP contribution in [0.4, 0.5) is 23.5 Å². The number of fused-ring (bicyclic) bond motifs is 1. The van der Waals surface area contributed by atoms with Crippen molar-refractivity contribution in [1.82, 2.24) is 9.38 Å². The Morgan fingerprint density at radius 2 is 1.96 bits per heavy atom. The Kier molecular flexibility index (Phi) is 3.83. The monoisotopic (exact) mass is 379 g/mol. The molecule has 0 radical (unpaired) electrons. The lowest BCUT2D eigenvalue weighted by atomic mass is 10.0. The number of hydrogen-bond acceptors (Lipinski definition) is 4. The summed E-state index contributed by atoms with van der Waals surface area (Å²) in [6, 6.07) is 5.32. The number of phenolic OH excluding ortho intramolecular Hbond substituents is 1. The highest BCUT2D eigenvalue weighted by Gasteiger charge is 2.32. The lowest BCUT2D eigenvalue weighted by molar-refractivity contribution is -0.137. The number of benzene rings is 1. The maximum absolute atomic E-state index is 14.4. The summed E-state index contributed by atoms with van der Waals surface area (Å²) >= 11 is 0. The van der Waals surface area contributed by atoms with Crippen molar-refractivity contribution in [3.05, 3.63) is 58.3 Å². The number of halogens is 4. The predicted octanol–water partition coefficient (Wildman–Crippen LogP) is 3.80. The molecule has 1 aliphatic rings. The van der Waals surface area contributed by atoms with Crippen LogP contribution in [0.25, 0.3) is 16.6 Å². The maximum Gasteiger partial charge on any atom is 0.416 e. The summed E-state index contributed by atoms with van der Waals surface area (Å²) in [5, 5.41) is 12.6. The van der Waals surface area contributed by atoms with E-state index in [1.807, 2.05) is 0 Å². The van der Waals surface area contributed by atoms with E-state index in [4.69, 9.17) is 0 Å². The van der Waals surface area contributed by atoms with Gasteiger partial charge in [0.15, 0.2) is 11.6 Å². The molecule has 2 aromatic heterocycles. The number of alkyl halides is 3. The Bertz CT molecular complexity index is 1100. The van der Waals surface area contributed by atoms with Crippen molar-refractivity contribution >= 4 is 11.5 Å². The molecule has 0 bridgehead atoms. The van der Waals surface area contributed by atoms with Gasteiger partial charge in [-0.1, -0.05) is 12.1 Å². The molecule has 0 amide bonds. The fourth-order valence-electron chi connectivity index (χ4n) is 2.85. The van der Waals surface area contributed by atoms with Crippen LogP contribution in [0.3, 0.4) is 0 Å². The zero-order chi connectivity index (χ0) is 19.3. The van der Waals surface area contributed by atoms with Crippen molar-refractivity contribution < 1.29 is 22.7 Å². The van der Waals surface area contributed by atoms with Crippen molar-refractivity contribution in [2.24, 2.45) is 0 Å². The van der Waals surface area contributed by atoms with Crippen molar-refractivity contribution in [2.75, 3.05) is 5.32 Å². The Morgan fingerprint density at radius 1 is 1.22 bits per heavy atom. The third-order valence-electron chi connectivity index (χ3n) is 4.35. The van der Waals surface area contributed by atoms with E-state index >= 15 is 0 Å². The molecule has 1 aliphatic carbocycles. The van der Waals surface area contributed by atoms with Crippen LogP contribution in [-0.2, 0) is 6.18 Å². The molecule has 1 saturated carbocycles. The van der Waals surface area contributed by atoms with Crippen molar-refractivity contribution in [1.29, 1.82) is 0 Å². The van der Waals surface area contributed by atoms with Gasteiger partial charge in [-0.25, -0.2) is 4.39 Å². The molecule has 3 aromatic rings. The molecular weight excluding hydrogens is 366 g/mol. The zero-order valence-corrected chi connectivity index (χ0v) is 13.7. The molecule has 5 nitrogen and oxygen atoms in total. The van der Waals surface area contributed by atoms with Gasteiger partial charge in [0.1, 0.15) is 0 Å². The second kappa shape index (κ2) is 5.97. The topological polar surface area (TPSA) is 66.6 Å². The number of phenols is 1. The molecule has 1 fully saturated rings. The highest BCUT2D eigenvalue weighted by atomic mass is 19.4. The number of hydrogen-bond donors (Lipinski definition) is 2. The van der Waals surface area contributed by atoms with Gasteiger partial charge in [-0.05, 0) is 31.0 Å². The van der Waals surface area contributed by atoms with E-state index in [0.717, 1.165) is 37.2 Å². The summed E-state index contributed by atoms with van der Waals surface area (Å²) < 4.78 is 55.2. The van der Waals surface area contributed by atoms with E-state index in [9.17, 15) is 27.5 Å². The summed E-state index contributed by atoms with van der Waals surface area (Å²) in [6.45, 7) is 0. The van der Waals surface area contributed by atoms with Crippen molar-refractivity contribution in [3.8, 4) is 16.9 Å². The predicted molar refractivity (Wildman–Crippen MR) is 90.2 cm³/mol. The summed E-state index contributed by atoms with van der Waals surface area (Å²) in [4.78, 5) is 16.5. The van der Waals surface area contributed by atoms with Gasteiger partial charge in [0.25, 0.3) is 5.56 Å². The largest absolute Gasteiger partial charge is 0.505 e. The minimum absolute atomic E-state index is 0.0931. The molecule has 9 heteroatoms. The van der Waals surface area contributed by atoms with Gasteiger partial charge in [0.05, 0.1) is 16.6 Å². The number of pyridine rings is 1. The van der Waals surface area contributed by atoms with Gasteiger partial charge < -0.3 is 10.4 Å². The molecular formula is C18H13F4N3O2. The average Bonchev–Trinajstić information content (AvgIpc) is 3.41. The minimum atomic E-state index is -4.64. The summed E-state index contributed by atoms with van der Waals surface area (Å²) in [5.41, 5.74) is -2.69. The number of nitrogens with zero attached hydrogens (tertiary/aromatic N) is 2. The van der Waals surface area contributed by atoms with Crippen LogP contribution in [0.1, 0.15) is 18.4 Å². The van der Waals surface area contributed by atoms with Crippen LogP contribution >= 0.6 is 0 Å². The second-order valence-electron chi connectivity index (χ2n) is 6.34. The fourth-order valence-corrected chi connectivity index (χ4v) is 2.85. The maximum atomic E-state index is 14.4. The summed E-state index contributed by atoms with van der Waals surface area (Å²) in [5.74, 6) is -1.72. The first-order valence-electron chi connectivity index (χ1n) is 8.13. The lowest BCUT2D eigenvalue weighted by Gasteiger charge is -2.15. The van der Waals surface area contributed by atoms with Crippen molar-refractivity contribution in [2.45, 2.75) is 25.1 Å².